The lowest BCUT2D eigenvalue weighted by molar-refractivity contribution is 0.628. The maximum absolute atomic E-state index is 13.3. The van der Waals surface area contributed by atoms with Crippen molar-refractivity contribution in [2.45, 2.75) is 0 Å². The number of benzene rings is 2. The van der Waals surface area contributed by atoms with Crippen molar-refractivity contribution in [1.82, 2.24) is 9.66 Å². The molecule has 0 unspecified atom stereocenters. The van der Waals surface area contributed by atoms with Crippen molar-refractivity contribution in [3.63, 3.8) is 0 Å². The molecule has 0 aliphatic heterocycles. The minimum absolute atomic E-state index is 0.269. The number of aromatic amines is 1. The van der Waals surface area contributed by atoms with Gasteiger partial charge in [-0.3, -0.25) is 4.99 Å². The van der Waals surface area contributed by atoms with Gasteiger partial charge in [-0.2, -0.15) is 5.10 Å². The highest BCUT2D eigenvalue weighted by molar-refractivity contribution is 9.10. The lowest BCUT2D eigenvalue weighted by Crippen LogP contribution is -2.12. The molecule has 7 heteroatoms. The third-order valence-electron chi connectivity index (χ3n) is 4.17. The predicted molar refractivity (Wildman–Crippen MR) is 117 cm³/mol. The molecular formula is C21H16BrFN4S. The number of nitrogens with zero attached hydrogens (tertiary/aromatic N) is 3. The third kappa shape index (κ3) is 3.76. The summed E-state index contributed by atoms with van der Waals surface area (Å²) in [6.07, 6.45) is 5.46. The van der Waals surface area contributed by atoms with Gasteiger partial charge in [-0.05, 0) is 42.5 Å². The van der Waals surface area contributed by atoms with Gasteiger partial charge in [0.2, 0.25) is 4.80 Å². The zero-order valence-corrected chi connectivity index (χ0v) is 17.2. The first kappa shape index (κ1) is 18.6. The minimum Gasteiger partial charge on any atom is -0.361 e. The average Bonchev–Trinajstić information content (AvgIpc) is 3.29. The van der Waals surface area contributed by atoms with Crippen LogP contribution in [0.25, 0.3) is 22.2 Å². The highest BCUT2D eigenvalue weighted by Crippen LogP contribution is 2.23. The summed E-state index contributed by atoms with van der Waals surface area (Å²) in [5.74, 6) is -0.269. The number of halogens is 2. The van der Waals surface area contributed by atoms with Gasteiger partial charge in [0.25, 0.3) is 0 Å². The van der Waals surface area contributed by atoms with Crippen LogP contribution in [0.3, 0.4) is 0 Å². The van der Waals surface area contributed by atoms with Crippen molar-refractivity contribution in [3.05, 3.63) is 87.4 Å². The first-order chi connectivity index (χ1) is 13.7. The lowest BCUT2D eigenvalue weighted by atomic mass is 10.2. The molecule has 0 radical (unpaired) electrons. The Morgan fingerprint density at radius 3 is 2.82 bits per heavy atom. The highest BCUT2D eigenvalue weighted by Gasteiger charge is 2.08. The van der Waals surface area contributed by atoms with E-state index >= 15 is 0 Å². The Kier molecular flexibility index (Phi) is 5.36. The Hall–Kier alpha value is -2.77. The topological polar surface area (TPSA) is 45.4 Å². The first-order valence-corrected chi connectivity index (χ1v) is 10.2. The number of hydrogen-bond acceptors (Lipinski definition) is 3. The van der Waals surface area contributed by atoms with Crippen LogP contribution in [-0.4, -0.2) is 22.4 Å². The van der Waals surface area contributed by atoms with E-state index in [0.29, 0.717) is 6.54 Å². The van der Waals surface area contributed by atoms with Gasteiger partial charge >= 0.3 is 0 Å². The highest BCUT2D eigenvalue weighted by atomic mass is 79.9. The largest absolute Gasteiger partial charge is 0.361 e. The molecule has 0 aliphatic carbocycles. The Labute approximate surface area is 173 Å². The van der Waals surface area contributed by atoms with E-state index in [0.717, 1.165) is 37.0 Å². The minimum atomic E-state index is -0.269. The van der Waals surface area contributed by atoms with Gasteiger partial charge in [-0.15, -0.1) is 17.9 Å². The molecular weight excluding hydrogens is 439 g/mol. The van der Waals surface area contributed by atoms with Crippen molar-refractivity contribution in [2.75, 3.05) is 6.54 Å². The van der Waals surface area contributed by atoms with Gasteiger partial charge in [-0.1, -0.05) is 22.0 Å². The number of thiazole rings is 1. The number of nitrogens with one attached hydrogen (secondary N) is 1. The molecule has 2 aromatic carbocycles. The van der Waals surface area contributed by atoms with Crippen molar-refractivity contribution >= 4 is 44.4 Å². The Bertz CT molecular complexity index is 1230. The molecule has 4 aromatic rings. The van der Waals surface area contributed by atoms with E-state index < -0.39 is 0 Å². The van der Waals surface area contributed by atoms with Crippen molar-refractivity contribution in [1.29, 1.82) is 0 Å². The quantitative estimate of drug-likeness (QED) is 0.302. The van der Waals surface area contributed by atoms with E-state index in [9.17, 15) is 4.39 Å². The van der Waals surface area contributed by atoms with Crippen molar-refractivity contribution in [3.8, 4) is 11.3 Å². The van der Waals surface area contributed by atoms with Gasteiger partial charge in [0.15, 0.2) is 0 Å². The van der Waals surface area contributed by atoms with E-state index in [2.05, 4.69) is 43.7 Å². The second kappa shape index (κ2) is 8.08. The van der Waals surface area contributed by atoms with Crippen LogP contribution in [0.15, 0.2) is 81.3 Å². The lowest BCUT2D eigenvalue weighted by Gasteiger charge is -2.03. The maximum Gasteiger partial charge on any atom is 0.206 e. The molecule has 140 valence electrons. The van der Waals surface area contributed by atoms with Gasteiger partial charge < -0.3 is 4.98 Å². The number of hydrogen-bond donors (Lipinski definition) is 1. The molecule has 2 aromatic heterocycles. The van der Waals surface area contributed by atoms with E-state index in [1.54, 1.807) is 29.1 Å². The molecule has 0 spiro atoms. The maximum atomic E-state index is 13.3. The molecule has 4 rings (SSSR count). The predicted octanol–water partition coefficient (Wildman–Crippen LogP) is 5.57. The Morgan fingerprint density at radius 1 is 1.21 bits per heavy atom. The first-order valence-electron chi connectivity index (χ1n) is 8.54. The molecule has 0 saturated heterocycles. The normalized spacial score (nSPS) is 12.3. The van der Waals surface area contributed by atoms with Crippen LogP contribution in [0, 0.1) is 5.82 Å². The van der Waals surface area contributed by atoms with E-state index in [4.69, 9.17) is 0 Å². The van der Waals surface area contributed by atoms with Crippen LogP contribution in [0.1, 0.15) is 5.56 Å². The molecule has 0 saturated carbocycles. The summed E-state index contributed by atoms with van der Waals surface area (Å²) in [7, 11) is 0. The van der Waals surface area contributed by atoms with Gasteiger partial charge in [0, 0.05) is 38.1 Å². The van der Waals surface area contributed by atoms with Crippen LogP contribution in [0.2, 0.25) is 0 Å². The summed E-state index contributed by atoms with van der Waals surface area (Å²) < 4.78 is 16.1. The third-order valence-corrected chi connectivity index (χ3v) is 5.52. The van der Waals surface area contributed by atoms with E-state index in [1.165, 1.54) is 23.5 Å². The zero-order valence-electron chi connectivity index (χ0n) is 14.8. The SMILES string of the molecule is C=CCN=c1scc(-c2ccc(F)cc2)n1N=Cc1c[nH]c2ccc(Br)cc12. The summed E-state index contributed by atoms with van der Waals surface area (Å²) in [5, 5.41) is 7.73. The van der Waals surface area contributed by atoms with E-state index in [1.807, 2.05) is 23.7 Å². The fraction of sp³-hybridized carbons (Fsp3) is 0.0476. The summed E-state index contributed by atoms with van der Waals surface area (Å²) in [6, 6.07) is 12.4. The zero-order chi connectivity index (χ0) is 19.5. The number of aromatic nitrogens is 2. The number of fused-ring (bicyclic) bond motifs is 1. The summed E-state index contributed by atoms with van der Waals surface area (Å²) in [6.45, 7) is 4.22. The molecule has 0 fully saturated rings. The molecule has 0 atom stereocenters. The molecule has 4 nitrogen and oxygen atoms in total. The Morgan fingerprint density at radius 2 is 2.04 bits per heavy atom. The molecule has 2 heterocycles. The average molecular weight is 455 g/mol. The van der Waals surface area contributed by atoms with Crippen LogP contribution in [0.5, 0.6) is 0 Å². The van der Waals surface area contributed by atoms with Crippen LogP contribution >= 0.6 is 27.3 Å². The molecule has 0 aliphatic rings. The smallest absolute Gasteiger partial charge is 0.206 e. The fourth-order valence-corrected chi connectivity index (χ4v) is 4.03. The summed E-state index contributed by atoms with van der Waals surface area (Å²) in [5.41, 5.74) is 3.73. The monoisotopic (exact) mass is 454 g/mol. The second-order valence-electron chi connectivity index (χ2n) is 6.03. The molecule has 28 heavy (non-hydrogen) atoms. The van der Waals surface area contributed by atoms with Gasteiger partial charge in [0.05, 0.1) is 18.5 Å². The van der Waals surface area contributed by atoms with Gasteiger partial charge in [-0.25, -0.2) is 9.07 Å². The fourth-order valence-electron chi connectivity index (χ4n) is 2.82. The standard InChI is InChI=1S/C21H16BrFN4S/c1-2-9-24-21-27(20(13-28-21)14-3-6-17(23)7-4-14)26-12-15-11-25-19-8-5-16(22)10-18(15)19/h2-8,10-13,25H,1,9H2. The molecule has 1 N–H and O–H groups in total. The molecule has 0 amide bonds. The van der Waals surface area contributed by atoms with Gasteiger partial charge in [0.1, 0.15) is 5.82 Å². The summed E-state index contributed by atoms with van der Waals surface area (Å²) >= 11 is 5.00. The Balaban J connectivity index is 1.81. The second-order valence-corrected chi connectivity index (χ2v) is 7.78. The van der Waals surface area contributed by atoms with Crippen LogP contribution < -0.4 is 4.80 Å². The van der Waals surface area contributed by atoms with Crippen molar-refractivity contribution < 1.29 is 4.39 Å². The number of H-pyrrole nitrogens is 1. The van der Waals surface area contributed by atoms with Crippen LogP contribution in [0.4, 0.5) is 4.39 Å². The summed E-state index contributed by atoms with van der Waals surface area (Å²) in [4.78, 5) is 8.52. The van der Waals surface area contributed by atoms with E-state index in [-0.39, 0.29) is 5.82 Å². The van der Waals surface area contributed by atoms with Crippen molar-refractivity contribution in [2.24, 2.45) is 10.1 Å². The molecule has 0 bridgehead atoms. The number of rotatable bonds is 5. The van der Waals surface area contributed by atoms with Crippen LogP contribution in [-0.2, 0) is 0 Å².